The fraction of sp³-hybridized carbons (Fsp3) is 0.500. The molecule has 15 heavy (non-hydrogen) atoms. The highest BCUT2D eigenvalue weighted by atomic mass is 35.5. The predicted octanol–water partition coefficient (Wildman–Crippen LogP) is 2.81. The summed E-state index contributed by atoms with van der Waals surface area (Å²) in [6.45, 7) is 6.12. The van der Waals surface area contributed by atoms with Crippen molar-refractivity contribution < 1.29 is 9.84 Å². The molecule has 0 spiro atoms. The Hall–Kier alpha value is -0.730. The van der Waals surface area contributed by atoms with Crippen LogP contribution >= 0.6 is 11.6 Å². The standard InChI is InChI=1S/C12H17ClO2/c1-7-8(2)12(15-4)11(13)9(3)10(7)5-6-14/h14H,5-6H2,1-4H3. The summed E-state index contributed by atoms with van der Waals surface area (Å²) in [5.74, 6) is 0.744. The second kappa shape index (κ2) is 4.86. The minimum absolute atomic E-state index is 0.143. The van der Waals surface area contributed by atoms with E-state index in [1.165, 1.54) is 0 Å². The van der Waals surface area contributed by atoms with Crippen molar-refractivity contribution in [2.75, 3.05) is 13.7 Å². The van der Waals surface area contributed by atoms with E-state index in [-0.39, 0.29) is 6.61 Å². The highest BCUT2D eigenvalue weighted by Gasteiger charge is 2.15. The van der Waals surface area contributed by atoms with Crippen LogP contribution in [0.1, 0.15) is 22.3 Å². The maximum atomic E-state index is 9.00. The van der Waals surface area contributed by atoms with Crippen molar-refractivity contribution in [2.45, 2.75) is 27.2 Å². The molecule has 0 bridgehead atoms. The highest BCUT2D eigenvalue weighted by molar-refractivity contribution is 6.33. The Balaban J connectivity index is 3.44. The van der Waals surface area contributed by atoms with Gasteiger partial charge in [-0.2, -0.15) is 0 Å². The lowest BCUT2D eigenvalue weighted by atomic mass is 9.95. The Bertz CT molecular complexity index is 343. The van der Waals surface area contributed by atoms with Gasteiger partial charge in [-0.15, -0.1) is 0 Å². The summed E-state index contributed by atoms with van der Waals surface area (Å²) in [6.07, 6.45) is 0.641. The van der Waals surface area contributed by atoms with Crippen LogP contribution in [0.15, 0.2) is 0 Å². The summed E-state index contributed by atoms with van der Waals surface area (Å²) < 4.78 is 5.28. The largest absolute Gasteiger partial charge is 0.495 e. The lowest BCUT2D eigenvalue weighted by Crippen LogP contribution is -2.03. The Morgan fingerprint density at radius 2 is 1.73 bits per heavy atom. The van der Waals surface area contributed by atoms with Crippen LogP contribution in [0, 0.1) is 20.8 Å². The van der Waals surface area contributed by atoms with Gasteiger partial charge in [0.05, 0.1) is 12.1 Å². The molecule has 3 heteroatoms. The minimum Gasteiger partial charge on any atom is -0.495 e. The van der Waals surface area contributed by atoms with Crippen molar-refractivity contribution in [2.24, 2.45) is 0 Å². The first-order valence-corrected chi connectivity index (χ1v) is 5.35. The van der Waals surface area contributed by atoms with Crippen molar-refractivity contribution >= 4 is 11.6 Å². The average Bonchev–Trinajstić information content (AvgIpc) is 2.23. The van der Waals surface area contributed by atoms with Gasteiger partial charge in [-0.25, -0.2) is 0 Å². The normalized spacial score (nSPS) is 10.5. The molecule has 1 aromatic carbocycles. The van der Waals surface area contributed by atoms with Gasteiger partial charge in [-0.1, -0.05) is 11.6 Å². The zero-order valence-electron chi connectivity index (χ0n) is 9.65. The molecule has 0 aliphatic heterocycles. The molecule has 1 aromatic rings. The second-order valence-electron chi connectivity index (χ2n) is 3.67. The number of aliphatic hydroxyl groups excluding tert-OH is 1. The summed E-state index contributed by atoms with van der Waals surface area (Å²) in [6, 6.07) is 0. The highest BCUT2D eigenvalue weighted by Crippen LogP contribution is 2.36. The van der Waals surface area contributed by atoms with Crippen LogP contribution in [0.2, 0.25) is 5.02 Å². The summed E-state index contributed by atoms with van der Waals surface area (Å²) in [7, 11) is 1.62. The van der Waals surface area contributed by atoms with Gasteiger partial charge >= 0.3 is 0 Å². The molecule has 0 aliphatic rings. The van der Waals surface area contributed by atoms with Gasteiger partial charge in [0, 0.05) is 6.61 Å². The Labute approximate surface area is 95.8 Å². The first-order chi connectivity index (χ1) is 7.04. The number of benzene rings is 1. The molecule has 0 radical (unpaired) electrons. The van der Waals surface area contributed by atoms with E-state index < -0.39 is 0 Å². The van der Waals surface area contributed by atoms with Gasteiger partial charge in [-0.05, 0) is 49.4 Å². The SMILES string of the molecule is COc1c(C)c(C)c(CCO)c(C)c1Cl. The third-order valence-electron chi connectivity index (χ3n) is 2.90. The summed E-state index contributed by atoms with van der Waals surface area (Å²) in [5, 5.41) is 9.66. The van der Waals surface area contributed by atoms with Gasteiger partial charge in [0.15, 0.2) is 0 Å². The Morgan fingerprint density at radius 1 is 1.13 bits per heavy atom. The maximum Gasteiger partial charge on any atom is 0.140 e. The number of aliphatic hydroxyl groups is 1. The van der Waals surface area contributed by atoms with E-state index in [1.807, 2.05) is 20.8 Å². The van der Waals surface area contributed by atoms with Crippen LogP contribution in [-0.4, -0.2) is 18.8 Å². The van der Waals surface area contributed by atoms with Crippen molar-refractivity contribution in [3.8, 4) is 5.75 Å². The molecular formula is C12H17ClO2. The van der Waals surface area contributed by atoms with Crippen LogP contribution in [0.25, 0.3) is 0 Å². The van der Waals surface area contributed by atoms with E-state index in [1.54, 1.807) is 7.11 Å². The molecule has 1 rings (SSSR count). The maximum absolute atomic E-state index is 9.00. The molecule has 0 saturated carbocycles. The zero-order valence-corrected chi connectivity index (χ0v) is 10.4. The summed E-state index contributed by atoms with van der Waals surface area (Å²) >= 11 is 6.20. The minimum atomic E-state index is 0.143. The van der Waals surface area contributed by atoms with Crippen molar-refractivity contribution in [3.63, 3.8) is 0 Å². The quantitative estimate of drug-likeness (QED) is 0.862. The smallest absolute Gasteiger partial charge is 0.140 e. The molecule has 0 heterocycles. The summed E-state index contributed by atoms with van der Waals surface area (Å²) in [4.78, 5) is 0. The van der Waals surface area contributed by atoms with E-state index in [2.05, 4.69) is 0 Å². The van der Waals surface area contributed by atoms with Crippen LogP contribution in [0.5, 0.6) is 5.75 Å². The van der Waals surface area contributed by atoms with Gasteiger partial charge < -0.3 is 9.84 Å². The molecule has 0 aromatic heterocycles. The first-order valence-electron chi connectivity index (χ1n) is 4.97. The second-order valence-corrected chi connectivity index (χ2v) is 4.05. The molecule has 2 nitrogen and oxygen atoms in total. The Kier molecular flexibility index (Phi) is 4.00. The Morgan fingerprint density at radius 3 is 2.20 bits per heavy atom. The third kappa shape index (κ3) is 2.11. The lowest BCUT2D eigenvalue weighted by molar-refractivity contribution is 0.299. The van der Waals surface area contributed by atoms with Crippen LogP contribution < -0.4 is 4.74 Å². The van der Waals surface area contributed by atoms with Crippen molar-refractivity contribution in [1.29, 1.82) is 0 Å². The average molecular weight is 229 g/mol. The topological polar surface area (TPSA) is 29.5 Å². The fourth-order valence-corrected chi connectivity index (χ4v) is 2.21. The fourth-order valence-electron chi connectivity index (χ4n) is 1.87. The van der Waals surface area contributed by atoms with Crippen molar-refractivity contribution in [3.05, 3.63) is 27.3 Å². The number of ether oxygens (including phenoxy) is 1. The monoisotopic (exact) mass is 228 g/mol. The zero-order chi connectivity index (χ0) is 11.6. The first kappa shape index (κ1) is 12.3. The number of hydrogen-bond donors (Lipinski definition) is 1. The third-order valence-corrected chi connectivity index (χ3v) is 3.36. The van der Waals surface area contributed by atoms with Gasteiger partial charge in [0.25, 0.3) is 0 Å². The van der Waals surface area contributed by atoms with E-state index >= 15 is 0 Å². The number of methoxy groups -OCH3 is 1. The molecule has 0 unspecified atom stereocenters. The van der Waals surface area contributed by atoms with Crippen LogP contribution in [0.3, 0.4) is 0 Å². The van der Waals surface area contributed by atoms with Crippen molar-refractivity contribution in [1.82, 2.24) is 0 Å². The van der Waals surface area contributed by atoms with Crippen LogP contribution in [-0.2, 0) is 6.42 Å². The molecule has 84 valence electrons. The molecule has 1 N–H and O–H groups in total. The van der Waals surface area contributed by atoms with Gasteiger partial charge in [0.1, 0.15) is 5.75 Å². The van der Waals surface area contributed by atoms with Crippen LogP contribution in [0.4, 0.5) is 0 Å². The molecule has 0 aliphatic carbocycles. The number of rotatable bonds is 3. The molecule has 0 amide bonds. The number of hydrogen-bond acceptors (Lipinski definition) is 2. The lowest BCUT2D eigenvalue weighted by Gasteiger charge is -2.17. The molecule has 0 saturated heterocycles. The van der Waals surface area contributed by atoms with E-state index in [0.717, 1.165) is 28.0 Å². The predicted molar refractivity (Wildman–Crippen MR) is 63.0 cm³/mol. The van der Waals surface area contributed by atoms with Gasteiger partial charge in [0.2, 0.25) is 0 Å². The molecular weight excluding hydrogens is 212 g/mol. The van der Waals surface area contributed by atoms with E-state index in [0.29, 0.717) is 11.4 Å². The van der Waals surface area contributed by atoms with Gasteiger partial charge in [-0.3, -0.25) is 0 Å². The molecule has 0 atom stereocenters. The molecule has 0 fully saturated rings. The van der Waals surface area contributed by atoms with E-state index in [9.17, 15) is 0 Å². The summed E-state index contributed by atoms with van der Waals surface area (Å²) in [5.41, 5.74) is 4.34. The van der Waals surface area contributed by atoms with E-state index in [4.69, 9.17) is 21.4 Å². The number of halogens is 1.